The van der Waals surface area contributed by atoms with Crippen molar-refractivity contribution in [3.8, 4) is 0 Å². The Hall–Kier alpha value is -2.56. The molecule has 0 bridgehead atoms. The van der Waals surface area contributed by atoms with Gasteiger partial charge in [-0.05, 0) is 31.5 Å². The number of carbonyl (C=O) groups is 1. The van der Waals surface area contributed by atoms with Gasteiger partial charge in [0.15, 0.2) is 5.78 Å². The first-order valence-electron chi connectivity index (χ1n) is 6.21. The van der Waals surface area contributed by atoms with Crippen molar-refractivity contribution >= 4 is 11.5 Å². The third kappa shape index (κ3) is 2.56. The van der Waals surface area contributed by atoms with Crippen molar-refractivity contribution in [1.29, 1.82) is 0 Å². The highest BCUT2D eigenvalue weighted by molar-refractivity contribution is 6.04. The molecule has 0 aliphatic carbocycles. The highest BCUT2D eigenvalue weighted by Gasteiger charge is 2.27. The number of rotatable bonds is 4. The molecule has 0 amide bonds. The van der Waals surface area contributed by atoms with Gasteiger partial charge in [0.05, 0.1) is 22.1 Å². The van der Waals surface area contributed by atoms with Crippen LogP contribution in [0.2, 0.25) is 0 Å². The number of ketones is 1. The van der Waals surface area contributed by atoms with Crippen LogP contribution in [0.5, 0.6) is 0 Å². The number of hydrogen-bond acceptors (Lipinski definition) is 4. The minimum Gasteiger partial charge on any atom is -0.293 e. The Bertz CT molecular complexity index is 653. The van der Waals surface area contributed by atoms with Crippen molar-refractivity contribution in [3.05, 3.63) is 69.5 Å². The molecule has 5 nitrogen and oxygen atoms in total. The van der Waals surface area contributed by atoms with Crippen LogP contribution in [0.3, 0.4) is 0 Å². The summed E-state index contributed by atoms with van der Waals surface area (Å²) in [5.41, 5.74) is 1.22. The molecule has 0 saturated heterocycles. The van der Waals surface area contributed by atoms with Crippen LogP contribution in [0.15, 0.2) is 42.6 Å². The summed E-state index contributed by atoms with van der Waals surface area (Å²) in [4.78, 5) is 27.2. The fraction of sp³-hybridized carbons (Fsp3) is 0.200. The predicted molar refractivity (Wildman–Crippen MR) is 74.8 cm³/mol. The van der Waals surface area contributed by atoms with E-state index in [0.29, 0.717) is 11.3 Å². The lowest BCUT2D eigenvalue weighted by molar-refractivity contribution is -0.385. The predicted octanol–water partition coefficient (Wildman–Crippen LogP) is 3.28. The topological polar surface area (TPSA) is 73.1 Å². The number of aromatic nitrogens is 1. The van der Waals surface area contributed by atoms with E-state index < -0.39 is 10.8 Å². The molecule has 0 spiro atoms. The molecule has 2 rings (SSSR count). The molecule has 0 radical (unpaired) electrons. The number of Topliss-reactive ketones (excluding diaryl/α,β-unsaturated/α-hetero) is 1. The highest BCUT2D eigenvalue weighted by Crippen LogP contribution is 2.28. The first kappa shape index (κ1) is 13.9. The van der Waals surface area contributed by atoms with Gasteiger partial charge in [-0.3, -0.25) is 19.9 Å². The molecule has 1 aromatic heterocycles. The summed E-state index contributed by atoms with van der Waals surface area (Å²) in [7, 11) is 0. The SMILES string of the molecule is Cc1cccc([N+](=O)[O-])c1C(=O)C(C)c1ccccn1. The van der Waals surface area contributed by atoms with Crippen LogP contribution in [0.1, 0.15) is 34.5 Å². The van der Waals surface area contributed by atoms with Crippen molar-refractivity contribution in [3.63, 3.8) is 0 Å². The molecule has 0 saturated carbocycles. The van der Waals surface area contributed by atoms with E-state index in [4.69, 9.17) is 0 Å². The summed E-state index contributed by atoms with van der Waals surface area (Å²) in [6, 6.07) is 9.92. The second-order valence-electron chi connectivity index (χ2n) is 4.57. The Balaban J connectivity index is 2.47. The Morgan fingerprint density at radius 3 is 2.60 bits per heavy atom. The van der Waals surface area contributed by atoms with Gasteiger partial charge in [-0.1, -0.05) is 18.2 Å². The third-order valence-electron chi connectivity index (χ3n) is 3.22. The van der Waals surface area contributed by atoms with Gasteiger partial charge in [0.2, 0.25) is 0 Å². The van der Waals surface area contributed by atoms with E-state index in [-0.39, 0.29) is 17.0 Å². The zero-order valence-electron chi connectivity index (χ0n) is 11.2. The largest absolute Gasteiger partial charge is 0.293 e. The van der Waals surface area contributed by atoms with Crippen molar-refractivity contribution in [2.45, 2.75) is 19.8 Å². The Kier molecular flexibility index (Phi) is 3.89. The first-order valence-corrected chi connectivity index (χ1v) is 6.21. The van der Waals surface area contributed by atoms with Crippen LogP contribution in [0.25, 0.3) is 0 Å². The average molecular weight is 270 g/mol. The molecule has 0 fully saturated rings. The molecule has 0 aliphatic rings. The van der Waals surface area contributed by atoms with Crippen molar-refractivity contribution in [2.24, 2.45) is 0 Å². The Morgan fingerprint density at radius 1 is 1.25 bits per heavy atom. The maximum atomic E-state index is 12.5. The summed E-state index contributed by atoms with van der Waals surface area (Å²) in [6.07, 6.45) is 1.60. The van der Waals surface area contributed by atoms with E-state index in [1.165, 1.54) is 6.07 Å². The van der Waals surface area contributed by atoms with Crippen LogP contribution in [0, 0.1) is 17.0 Å². The van der Waals surface area contributed by atoms with Gasteiger partial charge in [-0.2, -0.15) is 0 Å². The monoisotopic (exact) mass is 270 g/mol. The number of pyridine rings is 1. The highest BCUT2D eigenvalue weighted by atomic mass is 16.6. The fourth-order valence-electron chi connectivity index (χ4n) is 2.11. The van der Waals surface area contributed by atoms with Gasteiger partial charge < -0.3 is 0 Å². The summed E-state index contributed by atoms with van der Waals surface area (Å²) >= 11 is 0. The van der Waals surface area contributed by atoms with Gasteiger partial charge >= 0.3 is 0 Å². The molecule has 1 unspecified atom stereocenters. The molecule has 1 heterocycles. The number of nitrogens with zero attached hydrogens (tertiary/aromatic N) is 2. The zero-order chi connectivity index (χ0) is 14.7. The second kappa shape index (κ2) is 5.61. The lowest BCUT2D eigenvalue weighted by atomic mass is 9.92. The molecule has 2 aromatic rings. The van der Waals surface area contributed by atoms with E-state index in [9.17, 15) is 14.9 Å². The minimum atomic E-state index is -0.522. The van der Waals surface area contributed by atoms with Crippen molar-refractivity contribution in [1.82, 2.24) is 4.98 Å². The molecule has 1 aromatic carbocycles. The summed E-state index contributed by atoms with van der Waals surface area (Å²) in [5, 5.41) is 11.1. The lowest BCUT2D eigenvalue weighted by Crippen LogP contribution is -2.14. The molecule has 1 atom stereocenters. The molecular weight excluding hydrogens is 256 g/mol. The van der Waals surface area contributed by atoms with Crippen molar-refractivity contribution < 1.29 is 9.72 Å². The van der Waals surface area contributed by atoms with Gasteiger partial charge in [0, 0.05) is 12.3 Å². The molecule has 0 N–H and O–H groups in total. The van der Waals surface area contributed by atoms with Gasteiger partial charge in [-0.25, -0.2) is 0 Å². The van der Waals surface area contributed by atoms with Gasteiger partial charge in [0.1, 0.15) is 0 Å². The number of nitro groups is 1. The maximum Gasteiger partial charge on any atom is 0.280 e. The number of hydrogen-bond donors (Lipinski definition) is 0. The molecule has 5 heteroatoms. The van der Waals surface area contributed by atoms with Crippen molar-refractivity contribution in [2.75, 3.05) is 0 Å². The van der Waals surface area contributed by atoms with E-state index in [1.54, 1.807) is 50.4 Å². The molecule has 0 aliphatic heterocycles. The molecule has 102 valence electrons. The van der Waals surface area contributed by atoms with E-state index in [0.717, 1.165) is 0 Å². The number of carbonyl (C=O) groups excluding carboxylic acids is 1. The molecular formula is C15H14N2O3. The lowest BCUT2D eigenvalue weighted by Gasteiger charge is -2.12. The smallest absolute Gasteiger partial charge is 0.280 e. The summed E-state index contributed by atoms with van der Waals surface area (Å²) < 4.78 is 0. The standard InChI is InChI=1S/C15H14N2O3/c1-10-6-5-8-13(17(19)20)14(10)15(18)11(2)12-7-3-4-9-16-12/h3-9,11H,1-2H3. The number of benzene rings is 1. The maximum absolute atomic E-state index is 12.5. The van der Waals surface area contributed by atoms with Crippen LogP contribution in [-0.2, 0) is 0 Å². The zero-order valence-corrected chi connectivity index (χ0v) is 11.2. The van der Waals surface area contributed by atoms with E-state index in [2.05, 4.69) is 4.98 Å². The minimum absolute atomic E-state index is 0.155. The Labute approximate surface area is 116 Å². The van der Waals surface area contributed by atoms with E-state index >= 15 is 0 Å². The average Bonchev–Trinajstić information content (AvgIpc) is 2.46. The van der Waals surface area contributed by atoms with E-state index in [1.807, 2.05) is 0 Å². The van der Waals surface area contributed by atoms with Gasteiger partial charge in [-0.15, -0.1) is 0 Å². The summed E-state index contributed by atoms with van der Waals surface area (Å²) in [5.74, 6) is -0.801. The van der Waals surface area contributed by atoms with Crippen LogP contribution in [-0.4, -0.2) is 15.7 Å². The quantitative estimate of drug-likeness (QED) is 0.485. The summed E-state index contributed by atoms with van der Waals surface area (Å²) in [6.45, 7) is 3.41. The first-order chi connectivity index (χ1) is 9.52. The van der Waals surface area contributed by atoms with Crippen LogP contribution >= 0.6 is 0 Å². The van der Waals surface area contributed by atoms with Gasteiger partial charge in [0.25, 0.3) is 5.69 Å². The fourth-order valence-corrected chi connectivity index (χ4v) is 2.11. The normalized spacial score (nSPS) is 11.9. The molecule has 20 heavy (non-hydrogen) atoms. The Morgan fingerprint density at radius 2 is 2.00 bits per heavy atom. The second-order valence-corrected chi connectivity index (χ2v) is 4.57. The third-order valence-corrected chi connectivity index (χ3v) is 3.22. The number of nitro benzene ring substituents is 1. The van der Waals surface area contributed by atoms with Crippen LogP contribution < -0.4 is 0 Å². The number of aryl methyl sites for hydroxylation is 1. The van der Waals surface area contributed by atoms with Crippen LogP contribution in [0.4, 0.5) is 5.69 Å².